The van der Waals surface area contributed by atoms with Crippen molar-refractivity contribution >= 4 is 17.6 Å². The predicted molar refractivity (Wildman–Crippen MR) is 116 cm³/mol. The van der Waals surface area contributed by atoms with Crippen LogP contribution in [0, 0.1) is 0 Å². The summed E-state index contributed by atoms with van der Waals surface area (Å²) in [5, 5.41) is 7.05. The van der Waals surface area contributed by atoms with Gasteiger partial charge in [-0.05, 0) is 42.3 Å². The predicted octanol–water partition coefficient (Wildman–Crippen LogP) is 3.63. The average Bonchev–Trinajstić information content (AvgIpc) is 2.75. The summed E-state index contributed by atoms with van der Waals surface area (Å²) in [5.41, 5.74) is 1.99. The van der Waals surface area contributed by atoms with Crippen LogP contribution in [0.5, 0.6) is 23.0 Å². The number of nitrogens with zero attached hydrogens (tertiary/aromatic N) is 1. The van der Waals surface area contributed by atoms with Gasteiger partial charge in [0.05, 0.1) is 33.0 Å². The van der Waals surface area contributed by atoms with E-state index in [9.17, 15) is 0 Å². The van der Waals surface area contributed by atoms with Crippen LogP contribution in [-0.2, 0) is 13.1 Å². The Labute approximate surface area is 177 Å². The highest BCUT2D eigenvalue weighted by molar-refractivity contribution is 6.32. The van der Waals surface area contributed by atoms with E-state index in [0.29, 0.717) is 53.7 Å². The molecule has 0 radical (unpaired) electrons. The number of hydrogen-bond acceptors (Lipinski definition) is 5. The van der Waals surface area contributed by atoms with Crippen LogP contribution in [0.1, 0.15) is 18.1 Å². The minimum atomic E-state index is 0.510. The van der Waals surface area contributed by atoms with Crippen molar-refractivity contribution in [3.8, 4) is 23.0 Å². The molecular weight excluding hydrogens is 394 g/mol. The van der Waals surface area contributed by atoms with E-state index in [1.165, 1.54) is 0 Å². The van der Waals surface area contributed by atoms with Gasteiger partial charge in [0.1, 0.15) is 0 Å². The van der Waals surface area contributed by atoms with Crippen LogP contribution < -0.4 is 29.6 Å². The fraction of sp³-hybridized carbons (Fsp3) is 0.381. The Bertz CT molecular complexity index is 843. The van der Waals surface area contributed by atoms with Gasteiger partial charge in [-0.2, -0.15) is 0 Å². The number of aliphatic imine (C=N–C) groups is 1. The summed E-state index contributed by atoms with van der Waals surface area (Å²) in [6.07, 6.45) is 0. The molecule has 0 aliphatic heterocycles. The first kappa shape index (κ1) is 22.5. The van der Waals surface area contributed by atoms with Crippen LogP contribution >= 0.6 is 11.6 Å². The van der Waals surface area contributed by atoms with Crippen LogP contribution in [0.4, 0.5) is 0 Å². The first-order chi connectivity index (χ1) is 14.1. The van der Waals surface area contributed by atoms with Crippen molar-refractivity contribution in [1.82, 2.24) is 10.6 Å². The third-order valence-corrected chi connectivity index (χ3v) is 4.45. The largest absolute Gasteiger partial charge is 0.493 e. The molecule has 158 valence electrons. The molecule has 0 saturated carbocycles. The van der Waals surface area contributed by atoms with Crippen LogP contribution in [0.3, 0.4) is 0 Å². The first-order valence-corrected chi connectivity index (χ1v) is 9.58. The Kier molecular flexibility index (Phi) is 8.73. The number of halogens is 1. The van der Waals surface area contributed by atoms with Gasteiger partial charge in [0.25, 0.3) is 0 Å². The molecular formula is C21H28ClN3O4. The molecule has 0 bridgehead atoms. The van der Waals surface area contributed by atoms with Crippen molar-refractivity contribution in [1.29, 1.82) is 0 Å². The third kappa shape index (κ3) is 6.09. The second-order valence-electron chi connectivity index (χ2n) is 6.01. The molecule has 2 aromatic carbocycles. The lowest BCUT2D eigenvalue weighted by Crippen LogP contribution is -2.36. The van der Waals surface area contributed by atoms with Crippen LogP contribution in [-0.4, -0.2) is 40.9 Å². The van der Waals surface area contributed by atoms with Gasteiger partial charge >= 0.3 is 0 Å². The van der Waals surface area contributed by atoms with E-state index in [2.05, 4.69) is 15.6 Å². The van der Waals surface area contributed by atoms with Crippen LogP contribution in [0.15, 0.2) is 35.3 Å². The molecule has 2 N–H and O–H groups in total. The molecule has 0 aromatic heterocycles. The Hall–Kier alpha value is -2.80. The summed E-state index contributed by atoms with van der Waals surface area (Å²) in [5.74, 6) is 3.19. The van der Waals surface area contributed by atoms with E-state index in [1.807, 2.05) is 37.3 Å². The van der Waals surface area contributed by atoms with Gasteiger partial charge in [-0.25, -0.2) is 0 Å². The van der Waals surface area contributed by atoms with Crippen LogP contribution in [0.2, 0.25) is 5.02 Å². The van der Waals surface area contributed by atoms with Gasteiger partial charge in [-0.3, -0.25) is 4.99 Å². The van der Waals surface area contributed by atoms with E-state index in [0.717, 1.165) is 11.1 Å². The summed E-state index contributed by atoms with van der Waals surface area (Å²) >= 11 is 6.34. The summed E-state index contributed by atoms with van der Waals surface area (Å²) in [6.45, 7) is 3.52. The zero-order chi connectivity index (χ0) is 21.2. The number of methoxy groups -OCH3 is 3. The molecule has 29 heavy (non-hydrogen) atoms. The Morgan fingerprint density at radius 2 is 1.52 bits per heavy atom. The highest BCUT2D eigenvalue weighted by atomic mass is 35.5. The fourth-order valence-corrected chi connectivity index (χ4v) is 3.03. The van der Waals surface area contributed by atoms with Crippen molar-refractivity contribution in [2.75, 3.05) is 35.0 Å². The van der Waals surface area contributed by atoms with E-state index >= 15 is 0 Å². The molecule has 2 aromatic rings. The monoisotopic (exact) mass is 421 g/mol. The molecule has 0 atom stereocenters. The van der Waals surface area contributed by atoms with Gasteiger partial charge in [0.15, 0.2) is 29.0 Å². The van der Waals surface area contributed by atoms with Crippen molar-refractivity contribution < 1.29 is 18.9 Å². The topological polar surface area (TPSA) is 73.3 Å². The maximum Gasteiger partial charge on any atom is 0.191 e. The first-order valence-electron chi connectivity index (χ1n) is 9.20. The molecule has 2 rings (SSSR count). The van der Waals surface area contributed by atoms with Crippen molar-refractivity contribution in [2.24, 2.45) is 4.99 Å². The minimum Gasteiger partial charge on any atom is -0.493 e. The molecule has 0 aliphatic rings. The smallest absolute Gasteiger partial charge is 0.191 e. The summed E-state index contributed by atoms with van der Waals surface area (Å²) in [7, 11) is 6.54. The van der Waals surface area contributed by atoms with Crippen molar-refractivity contribution in [2.45, 2.75) is 20.0 Å². The minimum absolute atomic E-state index is 0.510. The number of hydrogen-bond donors (Lipinski definition) is 2. The molecule has 8 heteroatoms. The number of benzene rings is 2. The molecule has 0 spiro atoms. The van der Waals surface area contributed by atoms with Gasteiger partial charge in [-0.1, -0.05) is 17.7 Å². The van der Waals surface area contributed by atoms with E-state index in [4.69, 9.17) is 30.5 Å². The second kappa shape index (κ2) is 11.3. The molecule has 0 aliphatic carbocycles. The highest BCUT2D eigenvalue weighted by Gasteiger charge is 2.12. The Morgan fingerprint density at radius 1 is 0.897 bits per heavy atom. The van der Waals surface area contributed by atoms with Crippen molar-refractivity contribution in [3.05, 3.63) is 46.5 Å². The summed E-state index contributed by atoms with van der Waals surface area (Å²) in [6, 6.07) is 9.52. The number of ether oxygens (including phenoxy) is 4. The van der Waals surface area contributed by atoms with Crippen molar-refractivity contribution in [3.63, 3.8) is 0 Å². The van der Waals surface area contributed by atoms with Gasteiger partial charge in [-0.15, -0.1) is 0 Å². The SMILES string of the molecule is CCOc1c(Cl)cc(CNC(=NC)NCc2ccc(OC)c(OC)c2)cc1OC. The standard InChI is InChI=1S/C21H28ClN3O4/c1-6-29-20-16(22)9-15(11-19(20)28-5)13-25-21(23-2)24-12-14-7-8-17(26-3)18(10-14)27-4/h7-11H,6,12-13H2,1-5H3,(H2,23,24,25). The van der Waals surface area contributed by atoms with E-state index in [-0.39, 0.29) is 0 Å². The molecule has 0 amide bonds. The summed E-state index contributed by atoms with van der Waals surface area (Å²) < 4.78 is 21.6. The van der Waals surface area contributed by atoms with Gasteiger partial charge < -0.3 is 29.6 Å². The maximum atomic E-state index is 6.34. The Morgan fingerprint density at radius 3 is 2.10 bits per heavy atom. The number of guanidine groups is 1. The molecule has 0 saturated heterocycles. The number of rotatable bonds is 9. The average molecular weight is 422 g/mol. The van der Waals surface area contributed by atoms with E-state index in [1.54, 1.807) is 28.4 Å². The maximum absolute atomic E-state index is 6.34. The van der Waals surface area contributed by atoms with Crippen LogP contribution in [0.25, 0.3) is 0 Å². The second-order valence-corrected chi connectivity index (χ2v) is 6.42. The normalized spacial score (nSPS) is 11.0. The van der Waals surface area contributed by atoms with Gasteiger partial charge in [0.2, 0.25) is 0 Å². The molecule has 0 unspecified atom stereocenters. The summed E-state index contributed by atoms with van der Waals surface area (Å²) in [4.78, 5) is 4.26. The lowest BCUT2D eigenvalue weighted by molar-refractivity contribution is 0.311. The third-order valence-electron chi connectivity index (χ3n) is 4.17. The Balaban J connectivity index is 2.00. The zero-order valence-electron chi connectivity index (χ0n) is 17.5. The number of nitrogens with one attached hydrogen (secondary N) is 2. The molecule has 0 heterocycles. The molecule has 7 nitrogen and oxygen atoms in total. The lowest BCUT2D eigenvalue weighted by atomic mass is 10.2. The highest BCUT2D eigenvalue weighted by Crippen LogP contribution is 2.36. The fourth-order valence-electron chi connectivity index (χ4n) is 2.74. The quantitative estimate of drug-likeness (QED) is 0.475. The lowest BCUT2D eigenvalue weighted by Gasteiger charge is -2.15. The zero-order valence-corrected chi connectivity index (χ0v) is 18.2. The van der Waals surface area contributed by atoms with Gasteiger partial charge in [0, 0.05) is 20.1 Å². The molecule has 0 fully saturated rings. The van der Waals surface area contributed by atoms with E-state index < -0.39 is 0 Å².